The molecule has 4 heteroatoms. The molecular weight excluding hydrogens is 283 g/mol. The molecule has 0 unspecified atom stereocenters. The van der Waals surface area contributed by atoms with Gasteiger partial charge in [0.2, 0.25) is 0 Å². The van der Waals surface area contributed by atoms with E-state index in [4.69, 9.17) is 9.47 Å². The number of carbonyl (C=O) groups excluding carboxylic acids is 1. The molecule has 3 rings (SSSR count). The minimum absolute atomic E-state index is 0.331. The maximum atomic E-state index is 12.9. The van der Waals surface area contributed by atoms with E-state index in [1.807, 2.05) is 24.3 Å². The second-order valence-corrected chi connectivity index (χ2v) is 4.78. The van der Waals surface area contributed by atoms with Crippen molar-refractivity contribution in [2.75, 3.05) is 7.11 Å². The molecular formula is C18H13FO3. The normalized spacial score (nSPS) is 15.6. The van der Waals surface area contributed by atoms with Gasteiger partial charge in [-0.2, -0.15) is 0 Å². The predicted octanol–water partition coefficient (Wildman–Crippen LogP) is 3.82. The fraction of sp³-hybridized carbons (Fsp3) is 0.0556. The fourth-order valence-corrected chi connectivity index (χ4v) is 2.13. The molecule has 3 nitrogen and oxygen atoms in total. The first kappa shape index (κ1) is 14.1. The van der Waals surface area contributed by atoms with E-state index in [1.165, 1.54) is 12.1 Å². The van der Waals surface area contributed by atoms with Crippen LogP contribution in [-0.2, 0) is 9.53 Å². The molecule has 0 atom stereocenters. The fourth-order valence-electron chi connectivity index (χ4n) is 2.13. The lowest BCUT2D eigenvalue weighted by Crippen LogP contribution is -1.97. The van der Waals surface area contributed by atoms with Gasteiger partial charge in [-0.1, -0.05) is 12.1 Å². The number of cyclic esters (lactones) is 1. The highest BCUT2D eigenvalue weighted by Gasteiger charge is 2.21. The Hall–Kier alpha value is -2.88. The Labute approximate surface area is 127 Å². The molecule has 0 aromatic heterocycles. The third kappa shape index (κ3) is 2.91. The van der Waals surface area contributed by atoms with Gasteiger partial charge >= 0.3 is 5.97 Å². The van der Waals surface area contributed by atoms with Gasteiger partial charge in [-0.05, 0) is 54.1 Å². The number of methoxy groups -OCH3 is 1. The van der Waals surface area contributed by atoms with Gasteiger partial charge in [0.15, 0.2) is 0 Å². The molecule has 1 heterocycles. The average Bonchev–Trinajstić information content (AvgIpc) is 2.90. The van der Waals surface area contributed by atoms with Gasteiger partial charge < -0.3 is 9.47 Å². The molecule has 1 aliphatic rings. The third-order valence-electron chi connectivity index (χ3n) is 3.29. The number of hydrogen-bond acceptors (Lipinski definition) is 3. The number of hydrogen-bond donors (Lipinski definition) is 0. The topological polar surface area (TPSA) is 35.5 Å². The molecule has 0 saturated heterocycles. The highest BCUT2D eigenvalue weighted by Crippen LogP contribution is 2.27. The second kappa shape index (κ2) is 5.85. The van der Waals surface area contributed by atoms with Crippen LogP contribution >= 0.6 is 0 Å². The molecule has 110 valence electrons. The summed E-state index contributed by atoms with van der Waals surface area (Å²) >= 11 is 0. The van der Waals surface area contributed by atoms with Crippen LogP contribution in [0.2, 0.25) is 0 Å². The third-order valence-corrected chi connectivity index (χ3v) is 3.29. The Morgan fingerprint density at radius 1 is 1.05 bits per heavy atom. The first-order valence-corrected chi connectivity index (χ1v) is 6.71. The monoisotopic (exact) mass is 296 g/mol. The lowest BCUT2D eigenvalue weighted by atomic mass is 10.1. The maximum absolute atomic E-state index is 12.9. The zero-order valence-electron chi connectivity index (χ0n) is 11.9. The quantitative estimate of drug-likeness (QED) is 0.638. The second-order valence-electron chi connectivity index (χ2n) is 4.78. The van der Waals surface area contributed by atoms with E-state index in [9.17, 15) is 9.18 Å². The van der Waals surface area contributed by atoms with E-state index in [-0.39, 0.29) is 5.82 Å². The summed E-state index contributed by atoms with van der Waals surface area (Å²) in [5, 5.41) is 0. The Morgan fingerprint density at radius 3 is 2.36 bits per heavy atom. The lowest BCUT2D eigenvalue weighted by molar-refractivity contribution is -0.130. The van der Waals surface area contributed by atoms with E-state index in [0.717, 1.165) is 11.3 Å². The Balaban J connectivity index is 1.88. The van der Waals surface area contributed by atoms with Crippen molar-refractivity contribution in [3.05, 3.63) is 77.1 Å². The van der Waals surface area contributed by atoms with Crippen molar-refractivity contribution < 1.29 is 18.7 Å². The summed E-state index contributed by atoms with van der Waals surface area (Å²) in [6.45, 7) is 0. The van der Waals surface area contributed by atoms with Gasteiger partial charge in [0, 0.05) is 5.56 Å². The van der Waals surface area contributed by atoms with E-state index in [1.54, 1.807) is 31.4 Å². The Morgan fingerprint density at radius 2 is 1.73 bits per heavy atom. The number of ether oxygens (including phenoxy) is 2. The van der Waals surface area contributed by atoms with Crippen LogP contribution in [0.4, 0.5) is 4.39 Å². The SMILES string of the molecule is COc1ccc(/C=C2\C=C(c3ccc(F)cc3)OC2=O)cc1. The average molecular weight is 296 g/mol. The highest BCUT2D eigenvalue weighted by molar-refractivity contribution is 6.05. The molecule has 1 aliphatic heterocycles. The van der Waals surface area contributed by atoms with Crippen molar-refractivity contribution in [3.8, 4) is 5.75 Å². The zero-order chi connectivity index (χ0) is 15.5. The zero-order valence-corrected chi connectivity index (χ0v) is 11.9. The van der Waals surface area contributed by atoms with Gasteiger partial charge in [0.1, 0.15) is 17.3 Å². The van der Waals surface area contributed by atoms with Crippen LogP contribution in [0.25, 0.3) is 11.8 Å². The highest BCUT2D eigenvalue weighted by atomic mass is 19.1. The maximum Gasteiger partial charge on any atom is 0.343 e. The summed E-state index contributed by atoms with van der Waals surface area (Å²) in [6.07, 6.45) is 3.39. The summed E-state index contributed by atoms with van der Waals surface area (Å²) in [4.78, 5) is 11.9. The Kier molecular flexibility index (Phi) is 3.74. The molecule has 0 N–H and O–H groups in total. The molecule has 0 bridgehead atoms. The van der Waals surface area contributed by atoms with Gasteiger partial charge in [0.25, 0.3) is 0 Å². The molecule has 0 fully saturated rings. The number of esters is 1. The number of carbonyl (C=O) groups is 1. The van der Waals surface area contributed by atoms with Crippen molar-refractivity contribution in [2.45, 2.75) is 0 Å². The minimum atomic E-state index is -0.421. The van der Waals surface area contributed by atoms with Crippen LogP contribution in [0.1, 0.15) is 11.1 Å². The Bertz CT molecular complexity index is 756. The van der Waals surface area contributed by atoms with Crippen LogP contribution in [0.5, 0.6) is 5.75 Å². The van der Waals surface area contributed by atoms with E-state index in [2.05, 4.69) is 0 Å². The molecule has 0 aliphatic carbocycles. The number of benzene rings is 2. The van der Waals surface area contributed by atoms with E-state index in [0.29, 0.717) is 16.9 Å². The van der Waals surface area contributed by atoms with Crippen LogP contribution < -0.4 is 4.74 Å². The predicted molar refractivity (Wildman–Crippen MR) is 81.4 cm³/mol. The van der Waals surface area contributed by atoms with Crippen molar-refractivity contribution in [2.24, 2.45) is 0 Å². The van der Waals surface area contributed by atoms with Crippen molar-refractivity contribution in [1.82, 2.24) is 0 Å². The molecule has 2 aromatic carbocycles. The minimum Gasteiger partial charge on any atom is -0.497 e. The molecule has 0 spiro atoms. The smallest absolute Gasteiger partial charge is 0.343 e. The first-order chi connectivity index (χ1) is 10.7. The molecule has 0 amide bonds. The number of halogens is 1. The summed E-state index contributed by atoms with van der Waals surface area (Å²) in [5.41, 5.74) is 1.97. The summed E-state index contributed by atoms with van der Waals surface area (Å²) < 4.78 is 23.2. The lowest BCUT2D eigenvalue weighted by Gasteiger charge is -2.01. The van der Waals surface area contributed by atoms with Crippen LogP contribution in [0, 0.1) is 5.82 Å². The van der Waals surface area contributed by atoms with Crippen LogP contribution in [0.15, 0.2) is 60.2 Å². The van der Waals surface area contributed by atoms with Crippen molar-refractivity contribution in [1.29, 1.82) is 0 Å². The van der Waals surface area contributed by atoms with E-state index >= 15 is 0 Å². The molecule has 0 radical (unpaired) electrons. The standard InChI is InChI=1S/C18H13FO3/c1-21-16-8-2-12(3-9-16)10-14-11-17(22-18(14)20)13-4-6-15(19)7-5-13/h2-11H,1H3/b14-10+. The molecule has 0 saturated carbocycles. The van der Waals surface area contributed by atoms with Gasteiger partial charge in [0.05, 0.1) is 12.7 Å². The summed E-state index contributed by atoms with van der Waals surface area (Å²) in [5.74, 6) is 0.418. The van der Waals surface area contributed by atoms with Gasteiger partial charge in [-0.3, -0.25) is 0 Å². The van der Waals surface area contributed by atoms with Crippen LogP contribution in [0.3, 0.4) is 0 Å². The molecule has 2 aromatic rings. The van der Waals surface area contributed by atoms with E-state index < -0.39 is 5.97 Å². The van der Waals surface area contributed by atoms with Gasteiger partial charge in [-0.15, -0.1) is 0 Å². The van der Waals surface area contributed by atoms with Gasteiger partial charge in [-0.25, -0.2) is 9.18 Å². The summed E-state index contributed by atoms with van der Waals surface area (Å²) in [7, 11) is 1.60. The molecule has 22 heavy (non-hydrogen) atoms. The number of rotatable bonds is 3. The first-order valence-electron chi connectivity index (χ1n) is 6.71. The van der Waals surface area contributed by atoms with Crippen molar-refractivity contribution >= 4 is 17.8 Å². The summed E-state index contributed by atoms with van der Waals surface area (Å²) in [6, 6.07) is 13.1. The largest absolute Gasteiger partial charge is 0.497 e. The van der Waals surface area contributed by atoms with Crippen molar-refractivity contribution in [3.63, 3.8) is 0 Å². The van der Waals surface area contributed by atoms with Crippen LogP contribution in [-0.4, -0.2) is 13.1 Å².